The minimum atomic E-state index is -1.26. The van der Waals surface area contributed by atoms with Gasteiger partial charge in [0.15, 0.2) is 0 Å². The summed E-state index contributed by atoms with van der Waals surface area (Å²) in [6.07, 6.45) is 0.0462. The molecule has 8 nitrogen and oxygen atoms in total. The molecule has 16 heavy (non-hydrogen) atoms. The predicted molar refractivity (Wildman–Crippen MR) is 58.3 cm³/mol. The fourth-order valence-electron chi connectivity index (χ4n) is 1.07. The normalized spacial score (nSPS) is 11.9. The molecule has 0 saturated heterocycles. The molecule has 1 atom stereocenters. The van der Waals surface area contributed by atoms with Crippen molar-refractivity contribution in [3.63, 3.8) is 0 Å². The molecule has 1 unspecified atom stereocenters. The van der Waals surface area contributed by atoms with Gasteiger partial charge >= 0.3 is 0 Å². The van der Waals surface area contributed by atoms with E-state index >= 15 is 0 Å². The van der Waals surface area contributed by atoms with Gasteiger partial charge in [0.2, 0.25) is 5.91 Å². The first-order chi connectivity index (χ1) is 7.56. The lowest BCUT2D eigenvalue weighted by molar-refractivity contribution is -0.125. The van der Waals surface area contributed by atoms with Gasteiger partial charge in [-0.05, 0) is 6.92 Å². The highest BCUT2D eigenvalue weighted by molar-refractivity contribution is 5.79. The summed E-state index contributed by atoms with van der Waals surface area (Å²) in [5.41, 5.74) is 7.98. The zero-order chi connectivity index (χ0) is 12.1. The van der Waals surface area contributed by atoms with E-state index in [1.807, 2.05) is 0 Å². The third-order valence-corrected chi connectivity index (χ3v) is 2.01. The standard InChI is InChI=1S/C8H14N6O2/c1-4-7(11-2-5(15)6(9)16)12-3-13-8(4)14-10/h3,5,15H,2,10H2,1H3,(H2,9,16)(H2,11,12,13,14). The number of rotatable bonds is 5. The summed E-state index contributed by atoms with van der Waals surface area (Å²) in [6.45, 7) is 1.73. The summed E-state index contributed by atoms with van der Waals surface area (Å²) in [5.74, 6) is 5.38. The van der Waals surface area contributed by atoms with Crippen LogP contribution in [0.3, 0.4) is 0 Å². The fraction of sp³-hybridized carbons (Fsp3) is 0.375. The van der Waals surface area contributed by atoms with Crippen LogP contribution in [0.5, 0.6) is 0 Å². The first kappa shape index (κ1) is 12.1. The van der Waals surface area contributed by atoms with Crippen molar-refractivity contribution in [3.05, 3.63) is 11.9 Å². The van der Waals surface area contributed by atoms with E-state index in [1.54, 1.807) is 6.92 Å². The van der Waals surface area contributed by atoms with Gasteiger partial charge in [0.1, 0.15) is 24.1 Å². The van der Waals surface area contributed by atoms with Gasteiger partial charge in [-0.15, -0.1) is 0 Å². The van der Waals surface area contributed by atoms with Crippen molar-refractivity contribution >= 4 is 17.5 Å². The average Bonchev–Trinajstić information content (AvgIpc) is 2.27. The van der Waals surface area contributed by atoms with E-state index in [1.165, 1.54) is 6.33 Å². The number of aromatic nitrogens is 2. The van der Waals surface area contributed by atoms with Crippen molar-refractivity contribution in [1.29, 1.82) is 0 Å². The van der Waals surface area contributed by atoms with Crippen molar-refractivity contribution in [3.8, 4) is 0 Å². The number of nitrogens with zero attached hydrogens (tertiary/aromatic N) is 2. The fourth-order valence-corrected chi connectivity index (χ4v) is 1.07. The van der Waals surface area contributed by atoms with E-state index in [4.69, 9.17) is 11.6 Å². The second-order valence-electron chi connectivity index (χ2n) is 3.14. The van der Waals surface area contributed by atoms with E-state index in [-0.39, 0.29) is 6.54 Å². The van der Waals surface area contributed by atoms with Gasteiger partial charge in [0.25, 0.3) is 0 Å². The SMILES string of the molecule is Cc1c(NN)ncnc1NCC(O)C(N)=O. The highest BCUT2D eigenvalue weighted by Gasteiger charge is 2.12. The van der Waals surface area contributed by atoms with Crippen molar-refractivity contribution in [2.75, 3.05) is 17.3 Å². The quantitative estimate of drug-likeness (QED) is 0.298. The van der Waals surface area contributed by atoms with Gasteiger partial charge in [-0.1, -0.05) is 0 Å². The monoisotopic (exact) mass is 226 g/mol. The van der Waals surface area contributed by atoms with Gasteiger partial charge in [-0.25, -0.2) is 15.8 Å². The Labute approximate surface area is 92.0 Å². The maximum atomic E-state index is 10.6. The number of nitrogen functional groups attached to an aromatic ring is 1. The maximum absolute atomic E-state index is 10.6. The third kappa shape index (κ3) is 2.78. The van der Waals surface area contributed by atoms with Crippen LogP contribution in [0, 0.1) is 6.92 Å². The van der Waals surface area contributed by atoms with Crippen LogP contribution >= 0.6 is 0 Å². The predicted octanol–water partition coefficient (Wildman–Crippen LogP) is -1.67. The molecule has 88 valence electrons. The molecule has 0 fully saturated rings. The number of hydrazine groups is 1. The molecule has 8 heteroatoms. The van der Waals surface area contributed by atoms with Crippen molar-refractivity contribution in [2.45, 2.75) is 13.0 Å². The number of anilines is 2. The van der Waals surface area contributed by atoms with Crippen molar-refractivity contribution in [2.24, 2.45) is 11.6 Å². The Hall–Kier alpha value is -1.93. The molecule has 1 aromatic heterocycles. The highest BCUT2D eigenvalue weighted by Crippen LogP contribution is 2.16. The Bertz CT molecular complexity index is 383. The number of hydrogen-bond acceptors (Lipinski definition) is 7. The van der Waals surface area contributed by atoms with E-state index < -0.39 is 12.0 Å². The van der Waals surface area contributed by atoms with E-state index in [2.05, 4.69) is 20.7 Å². The second-order valence-corrected chi connectivity index (χ2v) is 3.14. The Morgan fingerprint density at radius 3 is 2.75 bits per heavy atom. The smallest absolute Gasteiger partial charge is 0.248 e. The summed E-state index contributed by atoms with van der Waals surface area (Å²) >= 11 is 0. The maximum Gasteiger partial charge on any atom is 0.248 e. The minimum absolute atomic E-state index is 0.0167. The molecule has 0 aromatic carbocycles. The lowest BCUT2D eigenvalue weighted by Gasteiger charge is -2.12. The lowest BCUT2D eigenvalue weighted by atomic mass is 10.3. The van der Waals surface area contributed by atoms with Gasteiger partial charge in [-0.3, -0.25) is 4.79 Å². The van der Waals surface area contributed by atoms with Crippen LogP contribution in [-0.2, 0) is 4.79 Å². The Balaban J connectivity index is 2.71. The van der Waals surface area contributed by atoms with E-state index in [9.17, 15) is 9.90 Å². The number of nitrogens with one attached hydrogen (secondary N) is 2. The summed E-state index contributed by atoms with van der Waals surface area (Å²) < 4.78 is 0. The highest BCUT2D eigenvalue weighted by atomic mass is 16.3. The average molecular weight is 226 g/mol. The Morgan fingerprint density at radius 2 is 2.19 bits per heavy atom. The van der Waals surface area contributed by atoms with Gasteiger partial charge in [0.05, 0.1) is 6.54 Å². The molecule has 0 radical (unpaired) electrons. The van der Waals surface area contributed by atoms with Crippen molar-refractivity contribution in [1.82, 2.24) is 9.97 Å². The molecule has 0 saturated carbocycles. The van der Waals surface area contributed by atoms with Crippen LogP contribution in [0.2, 0.25) is 0 Å². The number of aliphatic hydroxyl groups is 1. The van der Waals surface area contributed by atoms with E-state index in [0.717, 1.165) is 0 Å². The summed E-state index contributed by atoms with van der Waals surface area (Å²) in [5, 5.41) is 12.0. The van der Waals surface area contributed by atoms with Crippen LogP contribution in [-0.4, -0.2) is 33.6 Å². The molecule has 0 bridgehead atoms. The molecular weight excluding hydrogens is 212 g/mol. The van der Waals surface area contributed by atoms with Crippen LogP contribution in [0.4, 0.5) is 11.6 Å². The number of amides is 1. The zero-order valence-electron chi connectivity index (χ0n) is 8.77. The van der Waals surface area contributed by atoms with Crippen LogP contribution in [0.25, 0.3) is 0 Å². The number of carbonyl (C=O) groups is 1. The number of hydrogen-bond donors (Lipinski definition) is 5. The van der Waals surface area contributed by atoms with Crippen LogP contribution in [0.15, 0.2) is 6.33 Å². The number of nitrogens with two attached hydrogens (primary N) is 2. The van der Waals surface area contributed by atoms with Gasteiger partial charge in [-0.2, -0.15) is 0 Å². The molecule has 1 rings (SSSR count). The first-order valence-electron chi connectivity index (χ1n) is 4.55. The second kappa shape index (κ2) is 5.24. The minimum Gasteiger partial charge on any atom is -0.381 e. The molecule has 0 aliphatic heterocycles. The largest absolute Gasteiger partial charge is 0.381 e. The molecule has 0 spiro atoms. The summed E-state index contributed by atoms with van der Waals surface area (Å²) in [4.78, 5) is 18.4. The topological polar surface area (TPSA) is 139 Å². The third-order valence-electron chi connectivity index (χ3n) is 2.01. The Kier molecular flexibility index (Phi) is 3.97. The number of primary amides is 1. The van der Waals surface area contributed by atoms with Crippen LogP contribution in [0.1, 0.15) is 5.56 Å². The lowest BCUT2D eigenvalue weighted by Crippen LogP contribution is -2.34. The van der Waals surface area contributed by atoms with Crippen LogP contribution < -0.4 is 22.3 Å². The molecule has 0 aliphatic rings. The summed E-state index contributed by atoms with van der Waals surface area (Å²) in [6, 6.07) is 0. The zero-order valence-corrected chi connectivity index (χ0v) is 8.77. The molecule has 7 N–H and O–H groups in total. The Morgan fingerprint density at radius 1 is 1.56 bits per heavy atom. The van der Waals surface area contributed by atoms with E-state index in [0.29, 0.717) is 17.2 Å². The molecule has 1 heterocycles. The first-order valence-corrected chi connectivity index (χ1v) is 4.55. The number of carbonyl (C=O) groups excluding carboxylic acids is 1. The molecular formula is C8H14N6O2. The molecule has 1 amide bonds. The summed E-state index contributed by atoms with van der Waals surface area (Å²) in [7, 11) is 0. The molecule has 0 aliphatic carbocycles. The molecule has 1 aromatic rings. The number of aliphatic hydroxyl groups excluding tert-OH is 1. The van der Waals surface area contributed by atoms with Crippen molar-refractivity contribution < 1.29 is 9.90 Å². The van der Waals surface area contributed by atoms with Gasteiger partial charge < -0.3 is 21.6 Å². The van der Waals surface area contributed by atoms with Gasteiger partial charge in [0, 0.05) is 5.56 Å².